The molecule has 1 unspecified atom stereocenters. The highest BCUT2D eigenvalue weighted by molar-refractivity contribution is 7.89. The molecule has 28 heavy (non-hydrogen) atoms. The van der Waals surface area contributed by atoms with Crippen molar-refractivity contribution in [2.45, 2.75) is 64.9 Å². The van der Waals surface area contributed by atoms with Crippen LogP contribution in [0.15, 0.2) is 17.0 Å². The maximum Gasteiger partial charge on any atom is 0.410 e. The summed E-state index contributed by atoms with van der Waals surface area (Å²) in [7, 11) is -1.86. The van der Waals surface area contributed by atoms with Gasteiger partial charge in [0.1, 0.15) is 5.60 Å². The fourth-order valence-corrected chi connectivity index (χ4v) is 5.86. The first-order valence-corrected chi connectivity index (χ1v) is 11.3. The van der Waals surface area contributed by atoms with E-state index < -0.39 is 15.6 Å². The minimum Gasteiger partial charge on any atom is -0.444 e. The zero-order chi connectivity index (χ0) is 21.3. The van der Waals surface area contributed by atoms with Crippen LogP contribution >= 0.6 is 0 Å². The predicted molar refractivity (Wildman–Crippen MR) is 111 cm³/mol. The van der Waals surface area contributed by atoms with Gasteiger partial charge < -0.3 is 9.64 Å². The van der Waals surface area contributed by atoms with Gasteiger partial charge in [0.05, 0.1) is 4.90 Å². The van der Waals surface area contributed by atoms with Crippen LogP contribution in [0, 0.1) is 26.7 Å². The van der Waals surface area contributed by atoms with Crippen LogP contribution < -0.4 is 0 Å². The third-order valence-electron chi connectivity index (χ3n) is 4.92. The molecule has 1 heterocycles. The number of amides is 1. The van der Waals surface area contributed by atoms with E-state index in [1.54, 1.807) is 16.3 Å². The third-order valence-corrected chi connectivity index (χ3v) is 7.09. The van der Waals surface area contributed by atoms with Crippen LogP contribution in [-0.4, -0.2) is 56.0 Å². The number of hydrogen-bond acceptors (Lipinski definition) is 4. The summed E-state index contributed by atoms with van der Waals surface area (Å²) in [6.45, 7) is 12.6. The first-order chi connectivity index (χ1) is 12.8. The van der Waals surface area contributed by atoms with Crippen LogP contribution in [0.2, 0.25) is 0 Å². The van der Waals surface area contributed by atoms with Gasteiger partial charge in [-0.2, -0.15) is 4.31 Å². The molecule has 0 N–H and O–H groups in total. The molecule has 1 amide bonds. The Hall–Kier alpha value is -1.60. The first kappa shape index (κ1) is 22.7. The molecule has 2 rings (SSSR count). The molecule has 1 aromatic rings. The summed E-state index contributed by atoms with van der Waals surface area (Å²) >= 11 is 0. The molecule has 7 heteroatoms. The summed E-state index contributed by atoms with van der Waals surface area (Å²) < 4.78 is 33.6. The van der Waals surface area contributed by atoms with Gasteiger partial charge in [-0.25, -0.2) is 13.2 Å². The lowest BCUT2D eigenvalue weighted by Gasteiger charge is -2.35. The van der Waals surface area contributed by atoms with Gasteiger partial charge >= 0.3 is 6.09 Å². The van der Waals surface area contributed by atoms with Gasteiger partial charge in [-0.1, -0.05) is 17.7 Å². The van der Waals surface area contributed by atoms with E-state index in [0.717, 1.165) is 29.5 Å². The summed E-state index contributed by atoms with van der Waals surface area (Å²) in [5.41, 5.74) is 2.08. The van der Waals surface area contributed by atoms with Crippen LogP contribution in [-0.2, 0) is 14.8 Å². The molecule has 158 valence electrons. The normalized spacial score (nSPS) is 18.8. The molecule has 1 fully saturated rings. The van der Waals surface area contributed by atoms with E-state index in [0.29, 0.717) is 24.5 Å². The van der Waals surface area contributed by atoms with Crippen LogP contribution in [0.1, 0.15) is 50.3 Å². The molecule has 1 aliphatic heterocycles. The Bertz CT molecular complexity index is 804. The van der Waals surface area contributed by atoms with E-state index in [-0.39, 0.29) is 12.0 Å². The maximum atomic E-state index is 13.3. The second kappa shape index (κ2) is 8.41. The summed E-state index contributed by atoms with van der Waals surface area (Å²) in [5.74, 6) is 0.0899. The van der Waals surface area contributed by atoms with Gasteiger partial charge in [0.15, 0.2) is 0 Å². The quantitative estimate of drug-likeness (QED) is 0.755. The summed E-state index contributed by atoms with van der Waals surface area (Å²) in [6, 6.07) is 3.83. The summed E-state index contributed by atoms with van der Waals surface area (Å²) in [6.07, 6.45) is 1.30. The van der Waals surface area contributed by atoms with Crippen molar-refractivity contribution in [2.75, 3.05) is 26.7 Å². The molecule has 0 bridgehead atoms. The number of nitrogens with zero attached hydrogens (tertiary/aromatic N) is 2. The van der Waals surface area contributed by atoms with Crippen molar-refractivity contribution in [1.29, 1.82) is 0 Å². The lowest BCUT2D eigenvalue weighted by Crippen LogP contribution is -2.45. The fraction of sp³-hybridized carbons (Fsp3) is 0.667. The van der Waals surface area contributed by atoms with Gasteiger partial charge in [-0.15, -0.1) is 0 Å². The lowest BCUT2D eigenvalue weighted by molar-refractivity contribution is 0.0258. The molecule has 1 atom stereocenters. The number of rotatable bonds is 4. The van der Waals surface area contributed by atoms with E-state index in [2.05, 4.69) is 0 Å². The average Bonchev–Trinajstić information content (AvgIpc) is 2.52. The van der Waals surface area contributed by atoms with Crippen molar-refractivity contribution < 1.29 is 17.9 Å². The van der Waals surface area contributed by atoms with E-state index in [4.69, 9.17) is 4.74 Å². The standard InChI is InChI=1S/C21H34N2O4S/c1-15-11-16(2)19(17(3)12-15)28(25,26)23-10-8-9-18(14-23)13-22(7)20(24)27-21(4,5)6/h11-12,18H,8-10,13-14H2,1-7H3. The highest BCUT2D eigenvalue weighted by atomic mass is 32.2. The van der Waals surface area contributed by atoms with Crippen LogP contribution in [0.4, 0.5) is 4.79 Å². The number of carbonyl (C=O) groups excluding carboxylic acids is 1. The van der Waals surface area contributed by atoms with E-state index in [1.807, 2.05) is 53.7 Å². The Balaban J connectivity index is 2.14. The van der Waals surface area contributed by atoms with Gasteiger partial charge in [0.25, 0.3) is 0 Å². The monoisotopic (exact) mass is 410 g/mol. The minimum absolute atomic E-state index is 0.0899. The second-order valence-electron chi connectivity index (χ2n) is 8.96. The molecule has 0 radical (unpaired) electrons. The smallest absolute Gasteiger partial charge is 0.410 e. The highest BCUT2D eigenvalue weighted by Crippen LogP contribution is 2.29. The van der Waals surface area contributed by atoms with Crippen molar-refractivity contribution in [3.8, 4) is 0 Å². The van der Waals surface area contributed by atoms with Gasteiger partial charge in [-0.05, 0) is 71.4 Å². The van der Waals surface area contributed by atoms with Crippen LogP contribution in [0.3, 0.4) is 0 Å². The van der Waals surface area contributed by atoms with Gasteiger partial charge in [-0.3, -0.25) is 0 Å². The molecule has 0 aliphatic carbocycles. The highest BCUT2D eigenvalue weighted by Gasteiger charge is 2.33. The van der Waals surface area contributed by atoms with E-state index in [9.17, 15) is 13.2 Å². The Morgan fingerprint density at radius 1 is 1.21 bits per heavy atom. The molecule has 0 saturated carbocycles. The summed E-state index contributed by atoms with van der Waals surface area (Å²) in [5, 5.41) is 0. The number of sulfonamides is 1. The lowest BCUT2D eigenvalue weighted by atomic mass is 9.99. The number of aryl methyl sites for hydroxylation is 3. The van der Waals surface area contributed by atoms with Crippen molar-refractivity contribution in [3.63, 3.8) is 0 Å². The van der Waals surface area contributed by atoms with Crippen LogP contribution in [0.5, 0.6) is 0 Å². The van der Waals surface area contributed by atoms with Gasteiger partial charge in [0, 0.05) is 26.7 Å². The zero-order valence-corrected chi connectivity index (χ0v) is 19.0. The Morgan fingerprint density at radius 2 is 1.79 bits per heavy atom. The van der Waals surface area contributed by atoms with Crippen molar-refractivity contribution in [1.82, 2.24) is 9.21 Å². The van der Waals surface area contributed by atoms with Crippen molar-refractivity contribution in [2.24, 2.45) is 5.92 Å². The zero-order valence-electron chi connectivity index (χ0n) is 18.2. The molecule has 0 aromatic heterocycles. The first-order valence-electron chi connectivity index (χ1n) is 9.83. The number of piperidine rings is 1. The third kappa shape index (κ3) is 5.47. The van der Waals surface area contributed by atoms with Crippen molar-refractivity contribution >= 4 is 16.1 Å². The van der Waals surface area contributed by atoms with E-state index in [1.165, 1.54) is 0 Å². The number of benzene rings is 1. The Kier molecular flexibility index (Phi) is 6.82. The number of ether oxygens (including phenoxy) is 1. The topological polar surface area (TPSA) is 66.9 Å². The number of carbonyl (C=O) groups is 1. The largest absolute Gasteiger partial charge is 0.444 e. The second-order valence-corrected chi connectivity index (χ2v) is 10.8. The predicted octanol–water partition coefficient (Wildman–Crippen LogP) is 3.88. The number of hydrogen-bond donors (Lipinski definition) is 0. The molecule has 6 nitrogen and oxygen atoms in total. The molecule has 1 aliphatic rings. The van der Waals surface area contributed by atoms with Gasteiger partial charge in [0.2, 0.25) is 10.0 Å². The van der Waals surface area contributed by atoms with E-state index >= 15 is 0 Å². The Labute approximate surface area is 169 Å². The molecular weight excluding hydrogens is 376 g/mol. The average molecular weight is 411 g/mol. The SMILES string of the molecule is Cc1cc(C)c(S(=O)(=O)N2CCCC(CN(C)C(=O)OC(C)(C)C)C2)c(C)c1. The van der Waals surface area contributed by atoms with Crippen LogP contribution in [0.25, 0.3) is 0 Å². The molecular formula is C21H34N2O4S. The minimum atomic E-state index is -3.56. The summed E-state index contributed by atoms with van der Waals surface area (Å²) in [4.78, 5) is 14.2. The fourth-order valence-electron chi connectivity index (χ4n) is 3.90. The maximum absolute atomic E-state index is 13.3. The van der Waals surface area contributed by atoms with Crippen molar-refractivity contribution in [3.05, 3.63) is 28.8 Å². The molecule has 0 spiro atoms. The molecule has 1 aromatic carbocycles. The Morgan fingerprint density at radius 3 is 2.32 bits per heavy atom. The molecule has 1 saturated heterocycles.